The summed E-state index contributed by atoms with van der Waals surface area (Å²) >= 11 is 0. The lowest BCUT2D eigenvalue weighted by molar-refractivity contribution is 0.225. The average Bonchev–Trinajstić information content (AvgIpc) is 2.92. The molecule has 1 atom stereocenters. The van der Waals surface area contributed by atoms with Gasteiger partial charge in [0.1, 0.15) is 11.6 Å². The smallest absolute Gasteiger partial charge is 0.315 e. The molecular formula is C28H27F2N5O3S. The number of carbonyl (C=O) groups excluding carboxylic acids is 1. The number of piperidine rings is 1. The highest BCUT2D eigenvalue weighted by molar-refractivity contribution is 7.88. The van der Waals surface area contributed by atoms with Crippen molar-refractivity contribution < 1.29 is 22.0 Å². The first-order valence-electron chi connectivity index (χ1n) is 12.5. The van der Waals surface area contributed by atoms with Gasteiger partial charge in [-0.1, -0.05) is 6.07 Å². The highest BCUT2D eigenvalue weighted by Gasteiger charge is 2.26. The van der Waals surface area contributed by atoms with Crippen LogP contribution in [0.25, 0.3) is 33.5 Å². The molecule has 11 heteroatoms. The van der Waals surface area contributed by atoms with Gasteiger partial charge in [-0.2, -0.15) is 0 Å². The zero-order valence-corrected chi connectivity index (χ0v) is 22.0. The minimum atomic E-state index is -3.31. The van der Waals surface area contributed by atoms with Crippen LogP contribution in [0.2, 0.25) is 0 Å². The Hall–Kier alpha value is -3.96. The number of nitrogens with one attached hydrogen (secondary N) is 2. The van der Waals surface area contributed by atoms with Crippen LogP contribution in [-0.4, -0.2) is 54.1 Å². The molecule has 0 bridgehead atoms. The zero-order chi connectivity index (χ0) is 27.6. The Kier molecular flexibility index (Phi) is 7.53. The Morgan fingerprint density at radius 3 is 2.10 bits per heavy atom. The second kappa shape index (κ2) is 11.0. The molecule has 1 aliphatic heterocycles. The standard InChI is InChI=1S/C28H27F2N5O3S/c1-39(37,38)35-14-2-3-23(17-35)32-28(36)31-16-18-4-13-24-25(15-18)34-27(20-7-11-22(30)12-8-20)26(33-24)19-5-9-21(29)10-6-19/h4-13,15,23H,2-3,14,16-17H2,1H3,(H2,31,32,36). The first kappa shape index (κ1) is 26.6. The lowest BCUT2D eigenvalue weighted by Crippen LogP contribution is -2.51. The Balaban J connectivity index is 1.36. The second-order valence-electron chi connectivity index (χ2n) is 9.54. The minimum Gasteiger partial charge on any atom is -0.334 e. The molecule has 0 spiro atoms. The van der Waals surface area contributed by atoms with Gasteiger partial charge < -0.3 is 10.6 Å². The van der Waals surface area contributed by atoms with E-state index in [1.807, 2.05) is 12.1 Å². The van der Waals surface area contributed by atoms with Crippen LogP contribution >= 0.6 is 0 Å². The number of hydrogen-bond acceptors (Lipinski definition) is 5. The van der Waals surface area contributed by atoms with Gasteiger partial charge in [-0.25, -0.2) is 36.3 Å². The molecule has 39 heavy (non-hydrogen) atoms. The van der Waals surface area contributed by atoms with Crippen molar-refractivity contribution in [2.75, 3.05) is 19.3 Å². The van der Waals surface area contributed by atoms with E-state index in [2.05, 4.69) is 10.6 Å². The van der Waals surface area contributed by atoms with Crippen molar-refractivity contribution in [1.29, 1.82) is 0 Å². The van der Waals surface area contributed by atoms with Crippen LogP contribution in [0.5, 0.6) is 0 Å². The fraction of sp³-hybridized carbons (Fsp3) is 0.250. The number of fused-ring (bicyclic) bond motifs is 1. The van der Waals surface area contributed by atoms with Gasteiger partial charge in [0, 0.05) is 36.8 Å². The number of hydrogen-bond donors (Lipinski definition) is 2. The van der Waals surface area contributed by atoms with E-state index in [-0.39, 0.29) is 36.8 Å². The van der Waals surface area contributed by atoms with Crippen molar-refractivity contribution in [1.82, 2.24) is 24.9 Å². The monoisotopic (exact) mass is 551 g/mol. The van der Waals surface area contributed by atoms with Gasteiger partial charge in [0.15, 0.2) is 0 Å². The maximum absolute atomic E-state index is 13.6. The molecule has 1 fully saturated rings. The van der Waals surface area contributed by atoms with E-state index < -0.39 is 10.0 Å². The van der Waals surface area contributed by atoms with Crippen LogP contribution in [-0.2, 0) is 16.6 Å². The molecule has 5 rings (SSSR count). The third-order valence-corrected chi connectivity index (χ3v) is 7.88. The first-order valence-corrected chi connectivity index (χ1v) is 14.3. The topological polar surface area (TPSA) is 104 Å². The molecule has 1 aromatic heterocycles. The van der Waals surface area contributed by atoms with E-state index in [1.54, 1.807) is 30.3 Å². The summed E-state index contributed by atoms with van der Waals surface area (Å²) in [7, 11) is -3.31. The molecule has 8 nitrogen and oxygen atoms in total. The highest BCUT2D eigenvalue weighted by atomic mass is 32.2. The fourth-order valence-corrected chi connectivity index (χ4v) is 5.52. The maximum Gasteiger partial charge on any atom is 0.315 e. The summed E-state index contributed by atoms with van der Waals surface area (Å²) in [6, 6.07) is 16.6. The van der Waals surface area contributed by atoms with Gasteiger partial charge in [-0.15, -0.1) is 0 Å². The van der Waals surface area contributed by atoms with E-state index in [4.69, 9.17) is 9.97 Å². The molecule has 1 unspecified atom stereocenters. The highest BCUT2D eigenvalue weighted by Crippen LogP contribution is 2.31. The Bertz CT molecular complexity index is 1610. The van der Waals surface area contributed by atoms with E-state index in [1.165, 1.54) is 34.8 Å². The molecule has 2 N–H and O–H groups in total. The molecule has 1 saturated heterocycles. The van der Waals surface area contributed by atoms with Crippen LogP contribution in [0.15, 0.2) is 66.7 Å². The number of urea groups is 1. The van der Waals surface area contributed by atoms with Gasteiger partial charge in [-0.3, -0.25) is 0 Å². The van der Waals surface area contributed by atoms with Gasteiger partial charge in [0.2, 0.25) is 10.0 Å². The minimum absolute atomic E-state index is 0.220. The molecule has 0 radical (unpaired) electrons. The van der Waals surface area contributed by atoms with Gasteiger partial charge >= 0.3 is 6.03 Å². The summed E-state index contributed by atoms with van der Waals surface area (Å²) in [6.45, 7) is 0.928. The molecular weight excluding hydrogens is 524 g/mol. The van der Waals surface area contributed by atoms with Crippen molar-refractivity contribution in [3.05, 3.63) is 83.9 Å². The Labute approximate surface area is 225 Å². The number of nitrogens with zero attached hydrogens (tertiary/aromatic N) is 3. The van der Waals surface area contributed by atoms with Crippen LogP contribution < -0.4 is 10.6 Å². The summed E-state index contributed by atoms with van der Waals surface area (Å²) in [6.07, 6.45) is 2.55. The van der Waals surface area contributed by atoms with Crippen molar-refractivity contribution in [3.63, 3.8) is 0 Å². The number of carbonyl (C=O) groups is 1. The molecule has 4 aromatic rings. The number of benzene rings is 3. The van der Waals surface area contributed by atoms with Crippen molar-refractivity contribution in [2.45, 2.75) is 25.4 Å². The van der Waals surface area contributed by atoms with Gasteiger partial charge in [0.05, 0.1) is 28.7 Å². The number of rotatable bonds is 6. The molecule has 0 saturated carbocycles. The lowest BCUT2D eigenvalue weighted by atomic mass is 10.0. The zero-order valence-electron chi connectivity index (χ0n) is 21.2. The molecule has 2 amide bonds. The van der Waals surface area contributed by atoms with Gasteiger partial charge in [0.25, 0.3) is 0 Å². The quantitative estimate of drug-likeness (QED) is 0.368. The predicted molar refractivity (Wildman–Crippen MR) is 145 cm³/mol. The summed E-state index contributed by atoms with van der Waals surface area (Å²) in [5.74, 6) is -0.743. The normalized spacial score (nSPS) is 16.2. The van der Waals surface area contributed by atoms with Crippen LogP contribution in [0.4, 0.5) is 13.6 Å². The van der Waals surface area contributed by atoms with E-state index >= 15 is 0 Å². The average molecular weight is 552 g/mol. The molecule has 202 valence electrons. The summed E-state index contributed by atoms with van der Waals surface area (Å²) in [5, 5.41) is 5.67. The Morgan fingerprint density at radius 1 is 0.923 bits per heavy atom. The maximum atomic E-state index is 13.6. The van der Waals surface area contributed by atoms with E-state index in [9.17, 15) is 22.0 Å². The van der Waals surface area contributed by atoms with E-state index in [0.717, 1.165) is 5.56 Å². The fourth-order valence-electron chi connectivity index (χ4n) is 4.61. The largest absolute Gasteiger partial charge is 0.334 e. The number of sulfonamides is 1. The lowest BCUT2D eigenvalue weighted by Gasteiger charge is -2.31. The molecule has 2 heterocycles. The summed E-state index contributed by atoms with van der Waals surface area (Å²) in [5.41, 5.74) is 4.35. The Morgan fingerprint density at radius 2 is 1.51 bits per heavy atom. The van der Waals surface area contributed by atoms with Crippen LogP contribution in [0.3, 0.4) is 0 Å². The first-order chi connectivity index (χ1) is 18.7. The molecule has 3 aromatic carbocycles. The van der Waals surface area contributed by atoms with Crippen LogP contribution in [0.1, 0.15) is 18.4 Å². The summed E-state index contributed by atoms with van der Waals surface area (Å²) in [4.78, 5) is 22.1. The van der Waals surface area contributed by atoms with Crippen LogP contribution in [0, 0.1) is 11.6 Å². The van der Waals surface area contributed by atoms with Crippen molar-refractivity contribution >= 4 is 27.1 Å². The third-order valence-electron chi connectivity index (χ3n) is 6.61. The molecule has 1 aliphatic rings. The number of amides is 2. The summed E-state index contributed by atoms with van der Waals surface area (Å²) < 4.78 is 52.2. The molecule has 0 aliphatic carbocycles. The third kappa shape index (κ3) is 6.37. The van der Waals surface area contributed by atoms with Gasteiger partial charge in [-0.05, 0) is 79.1 Å². The second-order valence-corrected chi connectivity index (χ2v) is 11.5. The number of aromatic nitrogens is 2. The SMILES string of the molecule is CS(=O)(=O)N1CCCC(NC(=O)NCc2ccc3nc(-c4ccc(F)cc4)c(-c4ccc(F)cc4)nc3c2)C1. The number of halogens is 2. The predicted octanol–water partition coefficient (Wildman–Crippen LogP) is 4.47. The van der Waals surface area contributed by atoms with E-state index in [0.29, 0.717) is 52.9 Å². The van der Waals surface area contributed by atoms with Crippen molar-refractivity contribution in [3.8, 4) is 22.5 Å². The van der Waals surface area contributed by atoms with Crippen molar-refractivity contribution in [2.24, 2.45) is 0 Å².